The first kappa shape index (κ1) is 24.5. The van der Waals surface area contributed by atoms with Gasteiger partial charge in [-0.3, -0.25) is 9.78 Å². The van der Waals surface area contributed by atoms with Crippen LogP contribution >= 0.6 is 0 Å². The van der Waals surface area contributed by atoms with Crippen molar-refractivity contribution in [3.63, 3.8) is 0 Å². The molecule has 3 aromatic rings. The molecule has 35 heavy (non-hydrogen) atoms. The van der Waals surface area contributed by atoms with E-state index in [2.05, 4.69) is 40.6 Å². The van der Waals surface area contributed by atoms with Crippen molar-refractivity contribution in [3.8, 4) is 11.5 Å². The van der Waals surface area contributed by atoms with Gasteiger partial charge in [-0.1, -0.05) is 36.4 Å². The molecule has 1 aliphatic carbocycles. The van der Waals surface area contributed by atoms with E-state index < -0.39 is 0 Å². The zero-order valence-electron chi connectivity index (χ0n) is 20.8. The van der Waals surface area contributed by atoms with E-state index in [-0.39, 0.29) is 17.2 Å². The summed E-state index contributed by atoms with van der Waals surface area (Å²) in [6.45, 7) is 2.71. The van der Waals surface area contributed by atoms with E-state index in [0.29, 0.717) is 6.54 Å². The minimum absolute atomic E-state index is 0.0420. The molecule has 0 unspecified atom stereocenters. The number of carbonyl (C=O) groups excluding carboxylic acids is 1. The number of hydrogen-bond acceptors (Lipinski definition) is 4. The lowest BCUT2D eigenvalue weighted by Crippen LogP contribution is -2.22. The molecule has 1 N–H and O–H groups in total. The molecule has 182 valence electrons. The minimum atomic E-state index is -0.193. The summed E-state index contributed by atoms with van der Waals surface area (Å²) in [5.41, 5.74) is 4.54. The number of ether oxygens (including phenoxy) is 2. The summed E-state index contributed by atoms with van der Waals surface area (Å²) in [6.07, 6.45) is 9.44. The summed E-state index contributed by atoms with van der Waals surface area (Å²) >= 11 is 0. The Hall–Kier alpha value is -3.60. The molecular formula is C30H34N2O3. The fourth-order valence-electron chi connectivity index (χ4n) is 4.85. The van der Waals surface area contributed by atoms with E-state index >= 15 is 0 Å². The molecular weight excluding hydrogens is 436 g/mol. The van der Waals surface area contributed by atoms with Gasteiger partial charge in [0.15, 0.2) is 0 Å². The van der Waals surface area contributed by atoms with Crippen LogP contribution in [-0.4, -0.2) is 31.7 Å². The maximum atomic E-state index is 12.5. The van der Waals surface area contributed by atoms with E-state index in [1.165, 1.54) is 16.7 Å². The Morgan fingerprint density at radius 1 is 1.03 bits per heavy atom. The van der Waals surface area contributed by atoms with E-state index in [0.717, 1.165) is 42.9 Å². The number of hydrogen-bond donors (Lipinski definition) is 1. The van der Waals surface area contributed by atoms with Gasteiger partial charge in [-0.15, -0.1) is 0 Å². The van der Waals surface area contributed by atoms with Crippen LogP contribution in [0.5, 0.6) is 11.5 Å². The van der Waals surface area contributed by atoms with Crippen molar-refractivity contribution in [3.05, 3.63) is 101 Å². The molecule has 0 radical (unpaired) electrons. The first-order chi connectivity index (χ1) is 17.1. The van der Waals surface area contributed by atoms with Gasteiger partial charge in [0, 0.05) is 23.9 Å². The summed E-state index contributed by atoms with van der Waals surface area (Å²) in [5, 5.41) is 3.03. The zero-order valence-corrected chi connectivity index (χ0v) is 20.8. The molecule has 1 aromatic heterocycles. The number of carbonyl (C=O) groups is 1. The van der Waals surface area contributed by atoms with Crippen LogP contribution in [0.15, 0.2) is 79.0 Å². The number of unbranched alkanes of at least 4 members (excludes halogenated alkanes) is 1. The largest absolute Gasteiger partial charge is 0.497 e. The molecule has 2 aromatic carbocycles. The van der Waals surface area contributed by atoms with Crippen LogP contribution in [0.1, 0.15) is 41.6 Å². The van der Waals surface area contributed by atoms with Gasteiger partial charge in [-0.2, -0.15) is 0 Å². The predicted octanol–water partition coefficient (Wildman–Crippen LogP) is 5.41. The monoisotopic (exact) mass is 470 g/mol. The van der Waals surface area contributed by atoms with Gasteiger partial charge in [0.25, 0.3) is 0 Å². The number of benzene rings is 2. The second kappa shape index (κ2) is 11.2. The van der Waals surface area contributed by atoms with Crippen molar-refractivity contribution in [2.45, 2.75) is 38.0 Å². The first-order valence-corrected chi connectivity index (χ1v) is 12.2. The molecule has 1 atom stereocenters. The smallest absolute Gasteiger partial charge is 0.243 e. The summed E-state index contributed by atoms with van der Waals surface area (Å²) in [7, 11) is 3.37. The van der Waals surface area contributed by atoms with Crippen molar-refractivity contribution in [2.24, 2.45) is 5.92 Å². The lowest BCUT2D eigenvalue weighted by Gasteiger charge is -2.20. The molecule has 1 saturated carbocycles. The second-order valence-corrected chi connectivity index (χ2v) is 9.10. The summed E-state index contributed by atoms with van der Waals surface area (Å²) in [4.78, 5) is 16.8. The van der Waals surface area contributed by atoms with Gasteiger partial charge in [0.1, 0.15) is 11.5 Å². The number of nitrogens with one attached hydrogen (secondary N) is 1. The lowest BCUT2D eigenvalue weighted by molar-refractivity contribution is -0.116. The number of allylic oxidation sites excluding steroid dienone is 1. The summed E-state index contributed by atoms with van der Waals surface area (Å²) in [6, 6.07) is 20.5. The van der Waals surface area contributed by atoms with Crippen LogP contribution in [0, 0.1) is 12.8 Å². The first-order valence-electron chi connectivity index (χ1n) is 12.2. The van der Waals surface area contributed by atoms with Crippen LogP contribution < -0.4 is 14.8 Å². The molecule has 0 bridgehead atoms. The molecule has 0 spiro atoms. The number of pyridine rings is 1. The number of aromatic nitrogens is 1. The molecule has 1 aliphatic rings. The Kier molecular flexibility index (Phi) is 7.86. The number of nitrogens with zero attached hydrogens (tertiary/aromatic N) is 1. The van der Waals surface area contributed by atoms with Gasteiger partial charge in [-0.05, 0) is 91.6 Å². The quantitative estimate of drug-likeness (QED) is 0.301. The molecule has 0 saturated heterocycles. The average Bonchev–Trinajstić information content (AvgIpc) is 3.64. The fraction of sp³-hybridized carbons (Fsp3) is 0.333. The Labute approximate surface area is 208 Å². The second-order valence-electron chi connectivity index (χ2n) is 9.10. The summed E-state index contributed by atoms with van der Waals surface area (Å²) in [5.74, 6) is 1.85. The molecule has 1 fully saturated rings. The maximum Gasteiger partial charge on any atom is 0.243 e. The highest BCUT2D eigenvalue weighted by molar-refractivity contribution is 5.87. The maximum absolute atomic E-state index is 12.5. The van der Waals surface area contributed by atoms with Crippen LogP contribution in [0.4, 0.5) is 0 Å². The van der Waals surface area contributed by atoms with Gasteiger partial charge in [-0.25, -0.2) is 0 Å². The Morgan fingerprint density at radius 2 is 1.71 bits per heavy atom. The van der Waals surface area contributed by atoms with Gasteiger partial charge >= 0.3 is 0 Å². The van der Waals surface area contributed by atoms with E-state index in [1.54, 1.807) is 20.3 Å². The highest BCUT2D eigenvalue weighted by Gasteiger charge is 2.55. The van der Waals surface area contributed by atoms with Crippen molar-refractivity contribution >= 4 is 5.91 Å². The third kappa shape index (κ3) is 5.73. The third-order valence-corrected chi connectivity index (χ3v) is 6.95. The Morgan fingerprint density at radius 3 is 2.34 bits per heavy atom. The SMILES string of the molecule is COc1cccc(C2(c3cccc(OC)c3)C[C@H]2/C=C/C(=O)NCCCCc2cccnc2C)c1. The van der Waals surface area contributed by atoms with E-state index in [1.807, 2.05) is 49.5 Å². The van der Waals surface area contributed by atoms with E-state index in [9.17, 15) is 4.79 Å². The molecule has 5 nitrogen and oxygen atoms in total. The highest BCUT2D eigenvalue weighted by atomic mass is 16.5. The average molecular weight is 471 g/mol. The third-order valence-electron chi connectivity index (χ3n) is 6.95. The number of methoxy groups -OCH3 is 2. The van der Waals surface area contributed by atoms with Crippen LogP contribution in [0.2, 0.25) is 0 Å². The normalized spacial score (nSPS) is 16.1. The van der Waals surface area contributed by atoms with E-state index in [4.69, 9.17) is 9.47 Å². The van der Waals surface area contributed by atoms with Crippen molar-refractivity contribution in [1.29, 1.82) is 0 Å². The topological polar surface area (TPSA) is 60.5 Å². The molecule has 4 rings (SSSR count). The van der Waals surface area contributed by atoms with Crippen LogP contribution in [0.3, 0.4) is 0 Å². The number of rotatable bonds is 11. The van der Waals surface area contributed by atoms with Gasteiger partial charge < -0.3 is 14.8 Å². The predicted molar refractivity (Wildman–Crippen MR) is 139 cm³/mol. The van der Waals surface area contributed by atoms with Crippen LogP contribution in [0.25, 0.3) is 0 Å². The number of aryl methyl sites for hydroxylation is 2. The highest BCUT2D eigenvalue weighted by Crippen LogP contribution is 2.60. The fourth-order valence-corrected chi connectivity index (χ4v) is 4.85. The summed E-state index contributed by atoms with van der Waals surface area (Å²) < 4.78 is 11.0. The standard InChI is InChI=1S/C30H34N2O3/c1-22-23(10-8-18-31-22)9-4-5-17-32-29(33)16-15-26-21-30(26,24-11-6-13-27(19-24)34-2)25-12-7-14-28(20-25)35-3/h6-8,10-16,18-20,26H,4-5,9,17,21H2,1-3H3,(H,32,33)/b16-15+/t26-/m1/s1. The van der Waals surface area contributed by atoms with Crippen molar-refractivity contribution in [2.75, 3.05) is 20.8 Å². The zero-order chi connectivity index (χ0) is 24.7. The van der Waals surface area contributed by atoms with Gasteiger partial charge in [0.2, 0.25) is 5.91 Å². The molecule has 1 amide bonds. The number of amides is 1. The minimum Gasteiger partial charge on any atom is -0.497 e. The van der Waals surface area contributed by atoms with Crippen molar-refractivity contribution in [1.82, 2.24) is 10.3 Å². The molecule has 5 heteroatoms. The molecule has 0 aliphatic heterocycles. The van der Waals surface area contributed by atoms with Crippen LogP contribution in [-0.2, 0) is 16.6 Å². The lowest BCUT2D eigenvalue weighted by atomic mass is 9.85. The van der Waals surface area contributed by atoms with Gasteiger partial charge in [0.05, 0.1) is 14.2 Å². The van der Waals surface area contributed by atoms with Crippen molar-refractivity contribution < 1.29 is 14.3 Å². The Bertz CT molecular complexity index is 1140. The molecule has 1 heterocycles. The Balaban J connectivity index is 1.38.